The maximum absolute atomic E-state index is 9.21. The number of H-pyrrole nitrogens is 1. The van der Waals surface area contributed by atoms with Gasteiger partial charge in [-0.1, -0.05) is 32.6 Å². The van der Waals surface area contributed by atoms with Crippen LogP contribution in [0.2, 0.25) is 0 Å². The summed E-state index contributed by atoms with van der Waals surface area (Å²) in [6, 6.07) is 7.98. The number of ether oxygens (including phenoxy) is 1. The topological polar surface area (TPSA) is 58.1 Å². The summed E-state index contributed by atoms with van der Waals surface area (Å²) in [5.74, 6) is 0.898. The van der Waals surface area contributed by atoms with Crippen LogP contribution in [0.25, 0.3) is 11.3 Å². The number of unbranched alkanes of at least 4 members (excludes halogenated alkanes) is 4. The smallest absolute Gasteiger partial charge is 0.119 e. The Labute approximate surface area is 132 Å². The van der Waals surface area contributed by atoms with Crippen LogP contribution in [0, 0.1) is 6.92 Å². The van der Waals surface area contributed by atoms with E-state index in [1.54, 1.807) is 0 Å². The van der Waals surface area contributed by atoms with Gasteiger partial charge in [0.2, 0.25) is 0 Å². The van der Waals surface area contributed by atoms with Crippen molar-refractivity contribution in [2.45, 2.75) is 52.6 Å². The number of aromatic nitrogens is 2. The van der Waals surface area contributed by atoms with Crippen molar-refractivity contribution in [3.63, 3.8) is 0 Å². The highest BCUT2D eigenvalue weighted by Gasteiger charge is 2.10. The number of aliphatic hydroxyl groups excluding tert-OH is 1. The van der Waals surface area contributed by atoms with E-state index in [4.69, 9.17) is 4.74 Å². The van der Waals surface area contributed by atoms with E-state index in [0.717, 1.165) is 41.3 Å². The van der Waals surface area contributed by atoms with Crippen LogP contribution in [0.4, 0.5) is 0 Å². The van der Waals surface area contributed by atoms with Crippen LogP contribution >= 0.6 is 0 Å². The molecule has 0 fully saturated rings. The van der Waals surface area contributed by atoms with Gasteiger partial charge in [0.1, 0.15) is 5.75 Å². The summed E-state index contributed by atoms with van der Waals surface area (Å²) in [5, 5.41) is 16.3. The van der Waals surface area contributed by atoms with Gasteiger partial charge in [-0.25, -0.2) is 0 Å². The molecule has 4 heteroatoms. The summed E-state index contributed by atoms with van der Waals surface area (Å²) in [6.07, 6.45) is 6.23. The number of aromatic amines is 1. The molecule has 1 heterocycles. The van der Waals surface area contributed by atoms with E-state index < -0.39 is 0 Å². The van der Waals surface area contributed by atoms with E-state index in [0.29, 0.717) is 0 Å². The third-order valence-electron chi connectivity index (χ3n) is 3.91. The Balaban J connectivity index is 1.86. The highest BCUT2D eigenvalue weighted by atomic mass is 16.5. The molecular formula is C18H26N2O2. The highest BCUT2D eigenvalue weighted by molar-refractivity contribution is 5.64. The normalized spacial score (nSPS) is 10.9. The molecule has 120 valence electrons. The summed E-state index contributed by atoms with van der Waals surface area (Å²) in [5.41, 5.74) is 3.67. The van der Waals surface area contributed by atoms with Crippen molar-refractivity contribution < 1.29 is 9.84 Å². The average Bonchev–Trinajstić information content (AvgIpc) is 2.92. The first-order chi connectivity index (χ1) is 10.8. The first-order valence-electron chi connectivity index (χ1n) is 8.14. The Kier molecular flexibility index (Phi) is 6.46. The maximum atomic E-state index is 9.21. The summed E-state index contributed by atoms with van der Waals surface area (Å²) in [7, 11) is 0. The van der Waals surface area contributed by atoms with Crippen molar-refractivity contribution in [2.75, 3.05) is 6.61 Å². The largest absolute Gasteiger partial charge is 0.494 e. The molecule has 0 amide bonds. The predicted octanol–water partition coefficient (Wildman–Crippen LogP) is 4.23. The monoisotopic (exact) mass is 302 g/mol. The Morgan fingerprint density at radius 3 is 2.45 bits per heavy atom. The van der Waals surface area contributed by atoms with Gasteiger partial charge in [0, 0.05) is 11.1 Å². The second-order valence-electron chi connectivity index (χ2n) is 5.62. The minimum atomic E-state index is -0.0158. The van der Waals surface area contributed by atoms with Gasteiger partial charge < -0.3 is 9.84 Å². The molecule has 0 atom stereocenters. The zero-order chi connectivity index (χ0) is 15.8. The third kappa shape index (κ3) is 4.34. The highest BCUT2D eigenvalue weighted by Crippen LogP contribution is 2.25. The van der Waals surface area contributed by atoms with Crippen LogP contribution in [0.5, 0.6) is 5.75 Å². The number of nitrogens with zero attached hydrogens (tertiary/aromatic N) is 1. The van der Waals surface area contributed by atoms with Crippen molar-refractivity contribution in [3.8, 4) is 17.0 Å². The molecule has 2 aromatic rings. The van der Waals surface area contributed by atoms with E-state index in [9.17, 15) is 5.11 Å². The zero-order valence-corrected chi connectivity index (χ0v) is 13.6. The van der Waals surface area contributed by atoms with E-state index in [-0.39, 0.29) is 6.61 Å². The van der Waals surface area contributed by atoms with Crippen molar-refractivity contribution in [2.24, 2.45) is 0 Å². The van der Waals surface area contributed by atoms with Gasteiger partial charge in [-0.15, -0.1) is 0 Å². The number of benzene rings is 1. The first-order valence-corrected chi connectivity index (χ1v) is 8.14. The lowest BCUT2D eigenvalue weighted by Crippen LogP contribution is -1.97. The molecule has 2 N–H and O–H groups in total. The molecule has 22 heavy (non-hydrogen) atoms. The molecule has 0 aliphatic rings. The molecular weight excluding hydrogens is 276 g/mol. The second-order valence-corrected chi connectivity index (χ2v) is 5.62. The fourth-order valence-corrected chi connectivity index (χ4v) is 2.47. The van der Waals surface area contributed by atoms with E-state index in [2.05, 4.69) is 17.1 Å². The average molecular weight is 302 g/mol. The molecule has 1 aromatic carbocycles. The van der Waals surface area contributed by atoms with Crippen molar-refractivity contribution in [1.29, 1.82) is 0 Å². The summed E-state index contributed by atoms with van der Waals surface area (Å²) in [4.78, 5) is 0. The van der Waals surface area contributed by atoms with Crippen LogP contribution in [-0.4, -0.2) is 21.9 Å². The Morgan fingerprint density at radius 2 is 1.82 bits per heavy atom. The number of rotatable bonds is 9. The fourth-order valence-electron chi connectivity index (χ4n) is 2.47. The van der Waals surface area contributed by atoms with Crippen molar-refractivity contribution in [3.05, 3.63) is 35.5 Å². The lowest BCUT2D eigenvalue weighted by Gasteiger charge is -2.07. The van der Waals surface area contributed by atoms with Gasteiger partial charge in [-0.2, -0.15) is 5.10 Å². The molecule has 0 spiro atoms. The molecule has 0 aliphatic carbocycles. The lowest BCUT2D eigenvalue weighted by atomic mass is 10.1. The van der Waals surface area contributed by atoms with Gasteiger partial charge in [0.25, 0.3) is 0 Å². The van der Waals surface area contributed by atoms with E-state index >= 15 is 0 Å². The molecule has 1 aromatic heterocycles. The van der Waals surface area contributed by atoms with Crippen LogP contribution in [-0.2, 0) is 6.61 Å². The molecule has 4 nitrogen and oxygen atoms in total. The Morgan fingerprint density at radius 1 is 1.09 bits per heavy atom. The van der Waals surface area contributed by atoms with E-state index in [1.165, 1.54) is 25.7 Å². The Bertz CT molecular complexity index is 561. The standard InChI is InChI=1S/C18H26N2O2/c1-3-4-5-6-7-12-22-16-10-8-15(9-11-16)18-14(2)17(13-21)19-20-18/h8-11,21H,3-7,12-13H2,1-2H3,(H,19,20). The van der Waals surface area contributed by atoms with Gasteiger partial charge in [0.15, 0.2) is 0 Å². The summed E-state index contributed by atoms with van der Waals surface area (Å²) in [6.45, 7) is 4.95. The maximum Gasteiger partial charge on any atom is 0.119 e. The van der Waals surface area contributed by atoms with Crippen LogP contribution in [0.1, 0.15) is 50.3 Å². The minimum Gasteiger partial charge on any atom is -0.494 e. The molecule has 0 radical (unpaired) electrons. The van der Waals surface area contributed by atoms with Crippen LogP contribution in [0.15, 0.2) is 24.3 Å². The number of hydrogen-bond acceptors (Lipinski definition) is 3. The van der Waals surface area contributed by atoms with Gasteiger partial charge >= 0.3 is 0 Å². The van der Waals surface area contributed by atoms with Gasteiger partial charge in [0.05, 0.1) is 24.6 Å². The lowest BCUT2D eigenvalue weighted by molar-refractivity contribution is 0.276. The quantitative estimate of drug-likeness (QED) is 0.682. The van der Waals surface area contributed by atoms with Crippen LogP contribution in [0.3, 0.4) is 0 Å². The SMILES string of the molecule is CCCCCCCOc1ccc(-c2n[nH]c(CO)c2C)cc1. The zero-order valence-electron chi connectivity index (χ0n) is 13.6. The molecule has 0 bridgehead atoms. The van der Waals surface area contributed by atoms with Gasteiger partial charge in [-0.05, 0) is 37.6 Å². The van der Waals surface area contributed by atoms with Gasteiger partial charge in [-0.3, -0.25) is 5.10 Å². The summed E-state index contributed by atoms with van der Waals surface area (Å²) < 4.78 is 5.77. The molecule has 0 aliphatic heterocycles. The van der Waals surface area contributed by atoms with Crippen molar-refractivity contribution >= 4 is 0 Å². The number of hydrogen-bond donors (Lipinski definition) is 2. The first kappa shape index (κ1) is 16.6. The third-order valence-corrected chi connectivity index (χ3v) is 3.91. The minimum absolute atomic E-state index is 0.0158. The van der Waals surface area contributed by atoms with Crippen molar-refractivity contribution in [1.82, 2.24) is 10.2 Å². The predicted molar refractivity (Wildman–Crippen MR) is 88.9 cm³/mol. The molecule has 0 saturated carbocycles. The fraction of sp³-hybridized carbons (Fsp3) is 0.500. The molecule has 0 unspecified atom stereocenters. The van der Waals surface area contributed by atoms with E-state index in [1.807, 2.05) is 31.2 Å². The Hall–Kier alpha value is -1.81. The number of nitrogens with one attached hydrogen (secondary N) is 1. The second kappa shape index (κ2) is 8.59. The molecule has 2 rings (SSSR count). The molecule has 0 saturated heterocycles. The number of aliphatic hydroxyl groups is 1. The summed E-state index contributed by atoms with van der Waals surface area (Å²) >= 11 is 0. The van der Waals surface area contributed by atoms with Crippen LogP contribution < -0.4 is 4.74 Å².